The number of benzene rings is 2. The largest absolute Gasteiger partial charge is 0.487 e. The van der Waals surface area contributed by atoms with Gasteiger partial charge < -0.3 is 19.5 Å². The number of aliphatic hydroxyl groups excluding tert-OH is 1. The fourth-order valence-corrected chi connectivity index (χ4v) is 5.97. The molecule has 0 amide bonds. The number of carbonyl (C=O) groups excluding carboxylic acids is 1. The molecule has 0 aliphatic carbocycles. The van der Waals surface area contributed by atoms with Crippen LogP contribution in [0, 0.1) is 13.8 Å². The molecule has 1 N–H and O–H groups in total. The summed E-state index contributed by atoms with van der Waals surface area (Å²) < 4.78 is 12.0. The molecule has 5 rings (SSSR count). The van der Waals surface area contributed by atoms with Crippen LogP contribution in [0.5, 0.6) is 5.75 Å². The summed E-state index contributed by atoms with van der Waals surface area (Å²) in [4.78, 5) is 14.4. The van der Waals surface area contributed by atoms with Crippen molar-refractivity contribution in [3.05, 3.63) is 57.6 Å². The van der Waals surface area contributed by atoms with Gasteiger partial charge in [-0.05, 0) is 74.8 Å². The van der Waals surface area contributed by atoms with Gasteiger partial charge in [0.1, 0.15) is 17.5 Å². The molecular formula is C28H35NO4. The molecule has 3 aliphatic heterocycles. The Balaban J connectivity index is 1.50. The summed E-state index contributed by atoms with van der Waals surface area (Å²) in [5.41, 5.74) is 9.11. The molecule has 3 heterocycles. The highest BCUT2D eigenvalue weighted by Gasteiger charge is 2.37. The molecule has 1 saturated heterocycles. The van der Waals surface area contributed by atoms with E-state index in [1.165, 1.54) is 39.1 Å². The number of hydrogen-bond acceptors (Lipinski definition) is 5. The lowest BCUT2D eigenvalue weighted by Crippen LogP contribution is -2.33. The maximum Gasteiger partial charge on any atom is 0.308 e. The first-order chi connectivity index (χ1) is 15.7. The van der Waals surface area contributed by atoms with Crippen molar-refractivity contribution in [3.8, 4) is 5.75 Å². The van der Waals surface area contributed by atoms with Gasteiger partial charge >= 0.3 is 5.97 Å². The smallest absolute Gasteiger partial charge is 0.308 e. The van der Waals surface area contributed by atoms with Crippen LogP contribution < -0.4 is 9.64 Å². The molecule has 0 bridgehead atoms. The average Bonchev–Trinajstić information content (AvgIpc) is 3.08. The molecule has 2 aromatic rings. The van der Waals surface area contributed by atoms with E-state index in [0.717, 1.165) is 38.1 Å². The number of hydrogen-bond donors (Lipinski definition) is 1. The van der Waals surface area contributed by atoms with E-state index in [-0.39, 0.29) is 24.1 Å². The van der Waals surface area contributed by atoms with Gasteiger partial charge in [-0.25, -0.2) is 0 Å². The Morgan fingerprint density at radius 3 is 2.67 bits per heavy atom. The summed E-state index contributed by atoms with van der Waals surface area (Å²) in [5, 5.41) is 10.0. The first-order valence-corrected chi connectivity index (χ1v) is 12.2. The Hall–Kier alpha value is -2.53. The lowest BCUT2D eigenvalue weighted by Gasteiger charge is -2.35. The molecule has 176 valence electrons. The van der Waals surface area contributed by atoms with Gasteiger partial charge in [0.2, 0.25) is 0 Å². The van der Waals surface area contributed by atoms with Gasteiger partial charge in [0.05, 0.1) is 12.5 Å². The molecular weight excluding hydrogens is 414 g/mol. The predicted octanol–water partition coefficient (Wildman–Crippen LogP) is 4.58. The lowest BCUT2D eigenvalue weighted by molar-refractivity contribution is -0.160. The van der Waals surface area contributed by atoms with Crippen LogP contribution in [-0.4, -0.2) is 35.4 Å². The van der Waals surface area contributed by atoms with Crippen molar-refractivity contribution in [3.63, 3.8) is 0 Å². The van der Waals surface area contributed by atoms with E-state index in [9.17, 15) is 9.90 Å². The zero-order chi connectivity index (χ0) is 23.3. The van der Waals surface area contributed by atoms with Crippen molar-refractivity contribution in [2.75, 3.05) is 11.4 Å². The van der Waals surface area contributed by atoms with E-state index in [1.54, 1.807) is 0 Å². The number of cyclic esters (lactones) is 1. The van der Waals surface area contributed by atoms with E-state index in [4.69, 9.17) is 9.47 Å². The maximum absolute atomic E-state index is 11.8. The van der Waals surface area contributed by atoms with Crippen LogP contribution in [-0.2, 0) is 35.3 Å². The van der Waals surface area contributed by atoms with Crippen molar-refractivity contribution in [1.29, 1.82) is 0 Å². The lowest BCUT2D eigenvalue weighted by atomic mass is 9.88. The van der Waals surface area contributed by atoms with Crippen molar-refractivity contribution < 1.29 is 19.4 Å². The minimum atomic E-state index is -0.597. The Labute approximate surface area is 196 Å². The number of anilines is 1. The Bertz CT molecular complexity index is 1090. The zero-order valence-electron chi connectivity index (χ0n) is 20.2. The molecule has 2 unspecified atom stereocenters. The van der Waals surface area contributed by atoms with Gasteiger partial charge in [-0.2, -0.15) is 0 Å². The fraction of sp³-hybridized carbons (Fsp3) is 0.536. The number of esters is 1. The number of fused-ring (bicyclic) bond motifs is 2. The van der Waals surface area contributed by atoms with Crippen molar-refractivity contribution in [2.24, 2.45) is 0 Å². The van der Waals surface area contributed by atoms with Crippen LogP contribution in [0.3, 0.4) is 0 Å². The number of nitrogens with zero attached hydrogens (tertiary/aromatic N) is 1. The summed E-state index contributed by atoms with van der Waals surface area (Å²) in [6.07, 6.45) is 3.21. The van der Waals surface area contributed by atoms with E-state index in [2.05, 4.69) is 56.9 Å². The number of ether oxygens (including phenoxy) is 2. The SMILES string of the molecule is Cc1c(CCC2CC(O)CC(=O)O2)c2c(c(C)c1N1CCc3ccccc3C1)CC(C)(C)O2. The van der Waals surface area contributed by atoms with E-state index >= 15 is 0 Å². The molecule has 5 nitrogen and oxygen atoms in total. The summed E-state index contributed by atoms with van der Waals surface area (Å²) in [6.45, 7) is 10.7. The molecule has 0 aromatic heterocycles. The second kappa shape index (κ2) is 8.35. The van der Waals surface area contributed by atoms with Crippen LogP contribution in [0.4, 0.5) is 5.69 Å². The summed E-state index contributed by atoms with van der Waals surface area (Å²) in [7, 11) is 0. The van der Waals surface area contributed by atoms with Gasteiger partial charge in [0.25, 0.3) is 0 Å². The Morgan fingerprint density at radius 2 is 1.91 bits per heavy atom. The Morgan fingerprint density at radius 1 is 1.15 bits per heavy atom. The third-order valence-corrected chi connectivity index (χ3v) is 7.54. The molecule has 0 radical (unpaired) electrons. The third kappa shape index (κ3) is 4.23. The van der Waals surface area contributed by atoms with Crippen LogP contribution in [0.2, 0.25) is 0 Å². The molecule has 2 aromatic carbocycles. The van der Waals surface area contributed by atoms with Crippen molar-refractivity contribution in [2.45, 2.75) is 90.6 Å². The van der Waals surface area contributed by atoms with Gasteiger partial charge in [0.15, 0.2) is 0 Å². The standard InChI is InChI=1S/C28H35NO4/c1-17-23(10-9-22-13-21(30)14-25(31)32-22)27-24(15-28(3,4)33-27)18(2)26(17)29-12-11-19-7-5-6-8-20(19)16-29/h5-8,21-22,30H,9-16H2,1-4H3. The fourth-order valence-electron chi connectivity index (χ4n) is 5.97. The normalized spacial score (nSPS) is 23.5. The third-order valence-electron chi connectivity index (χ3n) is 7.54. The van der Waals surface area contributed by atoms with Gasteiger partial charge in [-0.3, -0.25) is 4.79 Å². The number of aliphatic hydroxyl groups is 1. The van der Waals surface area contributed by atoms with Gasteiger partial charge in [-0.15, -0.1) is 0 Å². The average molecular weight is 450 g/mol. The minimum absolute atomic E-state index is 0.105. The number of carbonyl (C=O) groups is 1. The first kappa shape index (κ1) is 22.3. The molecule has 2 atom stereocenters. The highest BCUT2D eigenvalue weighted by molar-refractivity contribution is 5.72. The topological polar surface area (TPSA) is 59.0 Å². The second-order valence-electron chi connectivity index (χ2n) is 10.6. The van der Waals surface area contributed by atoms with Gasteiger partial charge in [-0.1, -0.05) is 24.3 Å². The van der Waals surface area contributed by atoms with E-state index < -0.39 is 6.10 Å². The monoisotopic (exact) mass is 449 g/mol. The highest BCUT2D eigenvalue weighted by Crippen LogP contribution is 2.47. The van der Waals surface area contributed by atoms with Crippen molar-refractivity contribution >= 4 is 11.7 Å². The van der Waals surface area contributed by atoms with Crippen molar-refractivity contribution in [1.82, 2.24) is 0 Å². The molecule has 33 heavy (non-hydrogen) atoms. The quantitative estimate of drug-likeness (QED) is 0.693. The Kier molecular flexibility index (Phi) is 5.64. The zero-order valence-corrected chi connectivity index (χ0v) is 20.2. The van der Waals surface area contributed by atoms with E-state index in [1.807, 2.05) is 0 Å². The predicted molar refractivity (Wildman–Crippen MR) is 129 cm³/mol. The maximum atomic E-state index is 11.8. The highest BCUT2D eigenvalue weighted by atomic mass is 16.5. The minimum Gasteiger partial charge on any atom is -0.487 e. The van der Waals surface area contributed by atoms with Crippen LogP contribution >= 0.6 is 0 Å². The summed E-state index contributed by atoms with van der Waals surface area (Å²) in [5.74, 6) is 0.730. The van der Waals surface area contributed by atoms with E-state index in [0.29, 0.717) is 12.8 Å². The molecule has 0 saturated carbocycles. The molecule has 5 heteroatoms. The molecule has 3 aliphatic rings. The number of rotatable bonds is 4. The summed E-state index contributed by atoms with van der Waals surface area (Å²) in [6, 6.07) is 8.76. The molecule has 1 fully saturated rings. The van der Waals surface area contributed by atoms with Crippen LogP contribution in [0.15, 0.2) is 24.3 Å². The summed E-state index contributed by atoms with van der Waals surface area (Å²) >= 11 is 0. The molecule has 0 spiro atoms. The van der Waals surface area contributed by atoms with Crippen LogP contribution in [0.1, 0.15) is 66.5 Å². The van der Waals surface area contributed by atoms with Gasteiger partial charge in [0, 0.05) is 37.2 Å². The van der Waals surface area contributed by atoms with Crippen LogP contribution in [0.25, 0.3) is 0 Å². The second-order valence-corrected chi connectivity index (χ2v) is 10.6. The first-order valence-electron chi connectivity index (χ1n) is 12.2.